The van der Waals surface area contributed by atoms with Crippen LogP contribution in [0.25, 0.3) is 0 Å². The maximum absolute atomic E-state index is 12.3. The second kappa shape index (κ2) is 7.72. The van der Waals surface area contributed by atoms with Crippen LogP contribution in [0.4, 0.5) is 11.4 Å². The summed E-state index contributed by atoms with van der Waals surface area (Å²) in [6.45, 7) is 4.40. The van der Waals surface area contributed by atoms with E-state index in [9.17, 15) is 9.59 Å². The first-order chi connectivity index (χ1) is 13.6. The van der Waals surface area contributed by atoms with Gasteiger partial charge in [-0.3, -0.25) is 19.9 Å². The van der Waals surface area contributed by atoms with Crippen molar-refractivity contribution in [3.63, 3.8) is 0 Å². The fraction of sp³-hybridized carbons (Fsp3) is 0.286. The number of carbonyl (C=O) groups is 2. The smallest absolute Gasteiger partial charge is 0.257 e. The number of aliphatic imine (C=N–C) groups is 1. The van der Waals surface area contributed by atoms with Gasteiger partial charge < -0.3 is 15.5 Å². The number of hydrogen-bond donors (Lipinski definition) is 3. The van der Waals surface area contributed by atoms with Gasteiger partial charge in [0.1, 0.15) is 0 Å². The molecule has 144 valence electrons. The molecule has 0 radical (unpaired) electrons. The number of guanidine groups is 1. The molecule has 0 saturated carbocycles. The number of benzene rings is 2. The fourth-order valence-electron chi connectivity index (χ4n) is 3.08. The van der Waals surface area contributed by atoms with E-state index in [0.717, 1.165) is 37.4 Å². The SMILES string of the molecule is CC1CN1C(=O)c1cccc(Nc2ccc(C(=O)NC3=NCCCN3)cc2)c1. The Hall–Kier alpha value is -3.35. The zero-order chi connectivity index (χ0) is 19.5. The summed E-state index contributed by atoms with van der Waals surface area (Å²) in [6, 6.07) is 15.0. The minimum absolute atomic E-state index is 0.0578. The van der Waals surface area contributed by atoms with E-state index in [0.29, 0.717) is 23.1 Å². The van der Waals surface area contributed by atoms with Crippen molar-refractivity contribution in [2.45, 2.75) is 19.4 Å². The van der Waals surface area contributed by atoms with Crippen LogP contribution in [0, 0.1) is 0 Å². The van der Waals surface area contributed by atoms with E-state index in [4.69, 9.17) is 0 Å². The Labute approximate surface area is 163 Å². The highest BCUT2D eigenvalue weighted by molar-refractivity contribution is 6.06. The number of hydrogen-bond acceptors (Lipinski definition) is 5. The van der Waals surface area contributed by atoms with Gasteiger partial charge in [0.2, 0.25) is 0 Å². The predicted octanol–water partition coefficient (Wildman–Crippen LogP) is 2.35. The minimum atomic E-state index is -0.195. The largest absolute Gasteiger partial charge is 0.356 e. The maximum atomic E-state index is 12.3. The minimum Gasteiger partial charge on any atom is -0.356 e. The Balaban J connectivity index is 1.40. The van der Waals surface area contributed by atoms with E-state index in [1.165, 1.54) is 0 Å². The van der Waals surface area contributed by atoms with Crippen LogP contribution in [0.1, 0.15) is 34.1 Å². The molecule has 1 atom stereocenters. The molecule has 2 amide bonds. The van der Waals surface area contributed by atoms with Crippen LogP contribution < -0.4 is 16.0 Å². The van der Waals surface area contributed by atoms with Gasteiger partial charge in [-0.05, 0) is 55.8 Å². The molecule has 1 saturated heterocycles. The third-order valence-corrected chi connectivity index (χ3v) is 4.79. The highest BCUT2D eigenvalue weighted by Gasteiger charge is 2.34. The van der Waals surface area contributed by atoms with Crippen LogP contribution >= 0.6 is 0 Å². The van der Waals surface area contributed by atoms with Crippen LogP contribution in [-0.2, 0) is 0 Å². The lowest BCUT2D eigenvalue weighted by Gasteiger charge is -2.15. The number of anilines is 2. The van der Waals surface area contributed by atoms with E-state index in [1.54, 1.807) is 12.1 Å². The number of nitrogens with zero attached hydrogens (tertiary/aromatic N) is 2. The lowest BCUT2D eigenvalue weighted by atomic mass is 10.1. The van der Waals surface area contributed by atoms with Crippen molar-refractivity contribution in [2.24, 2.45) is 4.99 Å². The molecule has 7 heteroatoms. The summed E-state index contributed by atoms with van der Waals surface area (Å²) >= 11 is 0. The molecule has 1 unspecified atom stereocenters. The van der Waals surface area contributed by atoms with Gasteiger partial charge in [0.25, 0.3) is 11.8 Å². The molecule has 2 aliphatic rings. The summed E-state index contributed by atoms with van der Waals surface area (Å²) in [4.78, 5) is 30.7. The Kier molecular flexibility index (Phi) is 4.97. The first kappa shape index (κ1) is 18.0. The molecule has 0 bridgehead atoms. The van der Waals surface area contributed by atoms with Crippen molar-refractivity contribution in [3.8, 4) is 0 Å². The van der Waals surface area contributed by atoms with Crippen molar-refractivity contribution < 1.29 is 9.59 Å². The summed E-state index contributed by atoms with van der Waals surface area (Å²) in [6.07, 6.45) is 0.976. The average molecular weight is 377 g/mol. The third-order valence-electron chi connectivity index (χ3n) is 4.79. The maximum Gasteiger partial charge on any atom is 0.257 e. The summed E-state index contributed by atoms with van der Waals surface area (Å²) in [7, 11) is 0. The summed E-state index contributed by atoms with van der Waals surface area (Å²) in [5, 5.41) is 9.13. The van der Waals surface area contributed by atoms with Crippen molar-refractivity contribution in [1.29, 1.82) is 0 Å². The molecule has 0 spiro atoms. The lowest BCUT2D eigenvalue weighted by Crippen LogP contribution is -2.43. The van der Waals surface area contributed by atoms with E-state index in [-0.39, 0.29) is 11.8 Å². The van der Waals surface area contributed by atoms with Crippen molar-refractivity contribution in [3.05, 3.63) is 59.7 Å². The van der Waals surface area contributed by atoms with Gasteiger partial charge in [-0.15, -0.1) is 0 Å². The quantitative estimate of drug-likeness (QED) is 0.714. The highest BCUT2D eigenvalue weighted by atomic mass is 16.2. The van der Waals surface area contributed by atoms with Crippen LogP contribution in [0.15, 0.2) is 53.5 Å². The Morgan fingerprint density at radius 2 is 1.89 bits per heavy atom. The molecule has 1 fully saturated rings. The standard InChI is InChI=1S/C21H23N5O2/c1-14-13-26(14)20(28)16-4-2-5-18(12-16)24-17-8-6-15(7-9-17)19(27)25-21-22-10-3-11-23-21/h2,4-9,12,14,24H,3,10-11,13H2,1H3,(H2,22,23,25,27). The number of rotatable bonds is 4. The first-order valence-corrected chi connectivity index (χ1v) is 9.48. The number of amides is 2. The molecule has 0 aliphatic carbocycles. The molecule has 2 aliphatic heterocycles. The van der Waals surface area contributed by atoms with Gasteiger partial charge in [-0.2, -0.15) is 0 Å². The first-order valence-electron chi connectivity index (χ1n) is 9.48. The molecule has 2 aromatic rings. The predicted molar refractivity (Wildman–Crippen MR) is 109 cm³/mol. The van der Waals surface area contributed by atoms with Gasteiger partial charge in [-0.1, -0.05) is 6.07 Å². The molecule has 2 heterocycles. The summed E-state index contributed by atoms with van der Waals surface area (Å²) in [5.74, 6) is 0.392. The van der Waals surface area contributed by atoms with Gasteiger partial charge in [0, 0.05) is 48.2 Å². The van der Waals surface area contributed by atoms with Crippen LogP contribution in [0.2, 0.25) is 0 Å². The summed E-state index contributed by atoms with van der Waals surface area (Å²) < 4.78 is 0. The van der Waals surface area contributed by atoms with Gasteiger partial charge in [-0.25, -0.2) is 0 Å². The zero-order valence-electron chi connectivity index (χ0n) is 15.7. The molecule has 0 aromatic heterocycles. The summed E-state index contributed by atoms with van der Waals surface area (Å²) in [5.41, 5.74) is 2.90. The van der Waals surface area contributed by atoms with Gasteiger partial charge in [0.05, 0.1) is 0 Å². The number of carbonyl (C=O) groups excluding carboxylic acids is 2. The molecule has 3 N–H and O–H groups in total. The topological polar surface area (TPSA) is 85.6 Å². The molecule has 28 heavy (non-hydrogen) atoms. The van der Waals surface area contributed by atoms with E-state index >= 15 is 0 Å². The molecule has 4 rings (SSSR count). The van der Waals surface area contributed by atoms with E-state index in [2.05, 4.69) is 20.9 Å². The average Bonchev–Trinajstić information content (AvgIpc) is 3.45. The number of nitrogens with one attached hydrogen (secondary N) is 3. The van der Waals surface area contributed by atoms with E-state index < -0.39 is 0 Å². The normalized spacial score (nSPS) is 18.0. The third kappa shape index (κ3) is 4.14. The second-order valence-corrected chi connectivity index (χ2v) is 7.05. The molecule has 7 nitrogen and oxygen atoms in total. The van der Waals surface area contributed by atoms with Crippen molar-refractivity contribution >= 4 is 29.1 Å². The van der Waals surface area contributed by atoms with Crippen molar-refractivity contribution in [2.75, 3.05) is 25.0 Å². The Bertz CT molecular complexity index is 923. The van der Waals surface area contributed by atoms with Gasteiger partial charge >= 0.3 is 0 Å². The Morgan fingerprint density at radius 1 is 1.11 bits per heavy atom. The second-order valence-electron chi connectivity index (χ2n) is 7.05. The fourth-order valence-corrected chi connectivity index (χ4v) is 3.08. The molecular weight excluding hydrogens is 354 g/mol. The van der Waals surface area contributed by atoms with Crippen LogP contribution in [0.5, 0.6) is 0 Å². The van der Waals surface area contributed by atoms with E-state index in [1.807, 2.05) is 48.2 Å². The molecular formula is C21H23N5O2. The Morgan fingerprint density at radius 3 is 2.57 bits per heavy atom. The lowest BCUT2D eigenvalue weighted by molar-refractivity contribution is 0.0875. The van der Waals surface area contributed by atoms with Crippen LogP contribution in [-0.4, -0.2) is 48.3 Å². The zero-order valence-corrected chi connectivity index (χ0v) is 15.7. The van der Waals surface area contributed by atoms with Crippen molar-refractivity contribution in [1.82, 2.24) is 15.5 Å². The van der Waals surface area contributed by atoms with Crippen LogP contribution in [0.3, 0.4) is 0 Å². The van der Waals surface area contributed by atoms with Gasteiger partial charge in [0.15, 0.2) is 5.96 Å². The molecule has 2 aromatic carbocycles. The highest BCUT2D eigenvalue weighted by Crippen LogP contribution is 2.23. The monoisotopic (exact) mass is 377 g/mol.